The van der Waals surface area contributed by atoms with Crippen LogP contribution in [0.3, 0.4) is 0 Å². The van der Waals surface area contributed by atoms with E-state index in [0.717, 1.165) is 5.56 Å². The predicted octanol–water partition coefficient (Wildman–Crippen LogP) is 2.96. The number of hydrogen-bond acceptors (Lipinski definition) is 5. The zero-order chi connectivity index (χ0) is 17.2. The molecule has 0 radical (unpaired) electrons. The van der Waals surface area contributed by atoms with Crippen molar-refractivity contribution in [3.8, 4) is 11.4 Å². The Morgan fingerprint density at radius 3 is 2.79 bits per heavy atom. The molecule has 1 aliphatic heterocycles. The highest BCUT2D eigenvalue weighted by Crippen LogP contribution is 2.21. The molecular formula is C17H20ClN3O3. The van der Waals surface area contributed by atoms with Gasteiger partial charge in [0.1, 0.15) is 0 Å². The molecule has 1 aromatic carbocycles. The van der Waals surface area contributed by atoms with Gasteiger partial charge in [0, 0.05) is 30.0 Å². The number of aryl methyl sites for hydroxylation is 1. The fourth-order valence-electron chi connectivity index (χ4n) is 2.74. The molecule has 6 nitrogen and oxygen atoms in total. The molecule has 2 heterocycles. The van der Waals surface area contributed by atoms with E-state index in [2.05, 4.69) is 10.1 Å². The molecule has 1 amide bonds. The lowest BCUT2D eigenvalue weighted by atomic mass is 10.0. The largest absolute Gasteiger partial charge is 0.377 e. The number of benzene rings is 1. The van der Waals surface area contributed by atoms with Gasteiger partial charge in [-0.1, -0.05) is 16.8 Å². The van der Waals surface area contributed by atoms with Gasteiger partial charge in [0.2, 0.25) is 17.6 Å². The Morgan fingerprint density at radius 2 is 2.08 bits per heavy atom. The first kappa shape index (κ1) is 16.9. The maximum absolute atomic E-state index is 12.5. The molecule has 0 unspecified atom stereocenters. The fourth-order valence-corrected chi connectivity index (χ4v) is 2.87. The smallest absolute Gasteiger partial charge is 0.227 e. The molecular weight excluding hydrogens is 330 g/mol. The van der Waals surface area contributed by atoms with Crippen LogP contribution in [0.5, 0.6) is 0 Å². The first-order valence-electron chi connectivity index (χ1n) is 7.92. The van der Waals surface area contributed by atoms with Crippen LogP contribution >= 0.6 is 11.6 Å². The molecule has 1 aliphatic rings. The van der Waals surface area contributed by atoms with Crippen molar-refractivity contribution in [2.45, 2.75) is 32.2 Å². The average Bonchev–Trinajstić information content (AvgIpc) is 3.02. The first-order chi connectivity index (χ1) is 11.5. The van der Waals surface area contributed by atoms with Crippen molar-refractivity contribution in [3.63, 3.8) is 0 Å². The highest BCUT2D eigenvalue weighted by Gasteiger charge is 2.33. The van der Waals surface area contributed by atoms with Crippen molar-refractivity contribution in [2.75, 3.05) is 19.8 Å². The van der Waals surface area contributed by atoms with E-state index < -0.39 is 0 Å². The zero-order valence-electron chi connectivity index (χ0n) is 13.8. The van der Waals surface area contributed by atoms with E-state index in [9.17, 15) is 4.79 Å². The number of amides is 1. The van der Waals surface area contributed by atoms with Gasteiger partial charge >= 0.3 is 0 Å². The van der Waals surface area contributed by atoms with Gasteiger partial charge in [0.05, 0.1) is 18.8 Å². The summed E-state index contributed by atoms with van der Waals surface area (Å²) in [6.07, 6.45) is 0.762. The number of nitrogens with zero attached hydrogens (tertiary/aromatic N) is 3. The summed E-state index contributed by atoms with van der Waals surface area (Å²) >= 11 is 5.87. The Kier molecular flexibility index (Phi) is 4.87. The molecule has 0 aliphatic carbocycles. The van der Waals surface area contributed by atoms with Crippen LogP contribution < -0.4 is 0 Å². The average molecular weight is 350 g/mol. The van der Waals surface area contributed by atoms with Crippen LogP contribution in [-0.2, 0) is 16.0 Å². The van der Waals surface area contributed by atoms with Gasteiger partial charge in [-0.15, -0.1) is 0 Å². The van der Waals surface area contributed by atoms with Crippen molar-refractivity contribution in [1.29, 1.82) is 0 Å². The lowest BCUT2D eigenvalue weighted by molar-refractivity contribution is -0.146. The number of aromatic nitrogens is 2. The third kappa shape index (κ3) is 3.76. The summed E-state index contributed by atoms with van der Waals surface area (Å²) in [5.41, 5.74) is 0.550. The number of hydrogen-bond donors (Lipinski definition) is 0. The number of rotatable bonds is 4. The van der Waals surface area contributed by atoms with Crippen molar-refractivity contribution in [3.05, 3.63) is 35.2 Å². The third-order valence-electron chi connectivity index (χ3n) is 4.07. The number of carbonyl (C=O) groups excluding carboxylic acids is 1. The number of morpholine rings is 1. The number of halogens is 1. The lowest BCUT2D eigenvalue weighted by Crippen LogP contribution is -2.55. The minimum Gasteiger partial charge on any atom is -0.377 e. The van der Waals surface area contributed by atoms with Gasteiger partial charge < -0.3 is 14.2 Å². The number of carbonyl (C=O) groups is 1. The second-order valence-electron chi connectivity index (χ2n) is 6.43. The lowest BCUT2D eigenvalue weighted by Gasteiger charge is -2.42. The van der Waals surface area contributed by atoms with Crippen molar-refractivity contribution < 1.29 is 14.1 Å². The van der Waals surface area contributed by atoms with Crippen LogP contribution in [0, 0.1) is 0 Å². The summed E-state index contributed by atoms with van der Waals surface area (Å²) in [7, 11) is 0. The zero-order valence-corrected chi connectivity index (χ0v) is 14.5. The second-order valence-corrected chi connectivity index (χ2v) is 6.87. The molecule has 0 spiro atoms. The van der Waals surface area contributed by atoms with E-state index in [1.807, 2.05) is 30.9 Å². The summed E-state index contributed by atoms with van der Waals surface area (Å²) in [4.78, 5) is 18.7. The first-order valence-corrected chi connectivity index (χ1v) is 8.30. The Balaban J connectivity index is 1.61. The Bertz CT molecular complexity index is 712. The summed E-state index contributed by atoms with van der Waals surface area (Å²) < 4.78 is 10.7. The molecule has 2 aromatic rings. The van der Waals surface area contributed by atoms with Crippen molar-refractivity contribution in [1.82, 2.24) is 15.0 Å². The predicted molar refractivity (Wildman–Crippen MR) is 89.7 cm³/mol. The van der Waals surface area contributed by atoms with Crippen LogP contribution in [-0.4, -0.2) is 46.2 Å². The minimum atomic E-state index is -0.279. The number of ether oxygens (including phenoxy) is 1. The maximum atomic E-state index is 12.5. The van der Waals surface area contributed by atoms with Gasteiger partial charge in [-0.05, 0) is 38.1 Å². The van der Waals surface area contributed by atoms with E-state index in [1.54, 1.807) is 12.1 Å². The highest BCUT2D eigenvalue weighted by atomic mass is 35.5. The van der Waals surface area contributed by atoms with Gasteiger partial charge in [-0.3, -0.25) is 4.79 Å². The van der Waals surface area contributed by atoms with Crippen molar-refractivity contribution >= 4 is 17.5 Å². The van der Waals surface area contributed by atoms with E-state index in [1.165, 1.54) is 0 Å². The Hall–Kier alpha value is -1.92. The molecule has 1 fully saturated rings. The maximum Gasteiger partial charge on any atom is 0.227 e. The normalized spacial score (nSPS) is 17.0. The van der Waals surface area contributed by atoms with E-state index in [-0.39, 0.29) is 11.4 Å². The topological polar surface area (TPSA) is 68.5 Å². The van der Waals surface area contributed by atoms with E-state index in [4.69, 9.17) is 20.9 Å². The van der Waals surface area contributed by atoms with E-state index in [0.29, 0.717) is 49.3 Å². The minimum absolute atomic E-state index is 0.0783. The van der Waals surface area contributed by atoms with Crippen LogP contribution in [0.2, 0.25) is 5.02 Å². The van der Waals surface area contributed by atoms with Crippen LogP contribution in [0.25, 0.3) is 11.4 Å². The summed E-state index contributed by atoms with van der Waals surface area (Å²) in [6, 6.07) is 7.21. The molecule has 128 valence electrons. The summed E-state index contributed by atoms with van der Waals surface area (Å²) in [5, 5.41) is 4.61. The molecule has 0 N–H and O–H groups in total. The second kappa shape index (κ2) is 6.91. The standard InChI is InChI=1S/C17H20ClN3O3/c1-17(2)11-23-10-9-21(17)15(22)8-7-14-19-16(20-24-14)12-3-5-13(18)6-4-12/h3-6H,7-11H2,1-2H3. The molecule has 1 aromatic heterocycles. The molecule has 1 saturated heterocycles. The highest BCUT2D eigenvalue weighted by molar-refractivity contribution is 6.30. The van der Waals surface area contributed by atoms with Gasteiger partial charge in [0.25, 0.3) is 0 Å². The molecule has 24 heavy (non-hydrogen) atoms. The van der Waals surface area contributed by atoms with Gasteiger partial charge in [-0.2, -0.15) is 4.98 Å². The molecule has 7 heteroatoms. The van der Waals surface area contributed by atoms with Gasteiger partial charge in [-0.25, -0.2) is 0 Å². The quantitative estimate of drug-likeness (QED) is 0.848. The molecule has 0 bridgehead atoms. The SMILES string of the molecule is CC1(C)COCCN1C(=O)CCc1nc(-c2ccc(Cl)cc2)no1. The fraction of sp³-hybridized carbons (Fsp3) is 0.471. The summed E-state index contributed by atoms with van der Waals surface area (Å²) in [6.45, 7) is 5.77. The summed E-state index contributed by atoms with van der Waals surface area (Å²) in [5.74, 6) is 1.04. The molecule has 0 saturated carbocycles. The van der Waals surface area contributed by atoms with Crippen molar-refractivity contribution in [2.24, 2.45) is 0 Å². The van der Waals surface area contributed by atoms with Crippen LogP contribution in [0.4, 0.5) is 0 Å². The van der Waals surface area contributed by atoms with E-state index >= 15 is 0 Å². The Labute approximate surface area is 145 Å². The third-order valence-corrected chi connectivity index (χ3v) is 4.32. The Morgan fingerprint density at radius 1 is 1.33 bits per heavy atom. The molecule has 0 atom stereocenters. The van der Waals surface area contributed by atoms with Crippen LogP contribution in [0.15, 0.2) is 28.8 Å². The van der Waals surface area contributed by atoms with Crippen LogP contribution in [0.1, 0.15) is 26.2 Å². The van der Waals surface area contributed by atoms with Gasteiger partial charge in [0.15, 0.2) is 0 Å². The monoisotopic (exact) mass is 349 g/mol. The molecule has 3 rings (SSSR count).